The van der Waals surface area contributed by atoms with Crippen molar-refractivity contribution in [2.45, 2.75) is 30.3 Å². The van der Waals surface area contributed by atoms with Crippen molar-refractivity contribution in [1.29, 1.82) is 0 Å². The number of hydrogen-bond donors (Lipinski definition) is 0. The number of hydrogen-bond acceptors (Lipinski definition) is 7. The van der Waals surface area contributed by atoms with Crippen LogP contribution in [-0.2, 0) is 21.4 Å². The zero-order valence-electron chi connectivity index (χ0n) is 19.4. The summed E-state index contributed by atoms with van der Waals surface area (Å²) in [7, 11) is -2.41. The summed E-state index contributed by atoms with van der Waals surface area (Å²) in [4.78, 5) is 20.1. The molecule has 0 aliphatic carbocycles. The topological polar surface area (TPSA) is 97.6 Å². The molecule has 0 spiro atoms. The molecule has 1 aliphatic rings. The second-order valence-electron chi connectivity index (χ2n) is 8.32. The number of methoxy groups -OCH3 is 1. The lowest BCUT2D eigenvalue weighted by atomic mass is 10.2. The third-order valence-electron chi connectivity index (χ3n) is 6.10. The Morgan fingerprint density at radius 3 is 2.78 bits per heavy atom. The molecule has 0 bridgehead atoms. The molecule has 1 amide bonds. The Kier molecular flexibility index (Phi) is 6.73. The van der Waals surface area contributed by atoms with Crippen LogP contribution in [0.4, 0.5) is 9.52 Å². The molecule has 5 rings (SSSR count). The number of ether oxygens (including phenoxy) is 1. The fraction of sp³-hybridized carbons (Fsp3) is 0.292. The standard InChI is InChI=1S/C24H24FN5O4S2/c1-34-18-7-10-20-22(16-18)35-24(27-20)29(15-14-28-12-3-11-26-28)23(31)21-4-2-13-30(21)36(32,33)19-8-5-17(25)6-9-19/h3,5-12,16,21H,2,4,13-15H2,1H3. The Morgan fingerprint density at radius 2 is 2.06 bits per heavy atom. The maximum atomic E-state index is 13.9. The number of halogens is 1. The lowest BCUT2D eigenvalue weighted by Gasteiger charge is -2.28. The molecule has 188 valence electrons. The lowest BCUT2D eigenvalue weighted by molar-refractivity contribution is -0.121. The van der Waals surface area contributed by atoms with Crippen molar-refractivity contribution in [3.63, 3.8) is 0 Å². The molecular weight excluding hydrogens is 505 g/mol. The van der Waals surface area contributed by atoms with Gasteiger partial charge < -0.3 is 4.74 Å². The molecule has 1 fully saturated rings. The number of carbonyl (C=O) groups is 1. The normalized spacial score (nSPS) is 16.4. The van der Waals surface area contributed by atoms with E-state index in [4.69, 9.17) is 4.74 Å². The van der Waals surface area contributed by atoms with E-state index in [9.17, 15) is 17.6 Å². The maximum Gasteiger partial charge on any atom is 0.247 e. The first kappa shape index (κ1) is 24.3. The number of anilines is 1. The van der Waals surface area contributed by atoms with Crippen molar-refractivity contribution in [1.82, 2.24) is 19.1 Å². The van der Waals surface area contributed by atoms with Crippen LogP contribution in [0.5, 0.6) is 5.75 Å². The van der Waals surface area contributed by atoms with Gasteiger partial charge in [-0.2, -0.15) is 9.40 Å². The minimum Gasteiger partial charge on any atom is -0.497 e. The first-order valence-electron chi connectivity index (χ1n) is 11.4. The Labute approximate surface area is 211 Å². The second kappa shape index (κ2) is 9.96. The monoisotopic (exact) mass is 529 g/mol. The molecule has 2 aromatic carbocycles. The van der Waals surface area contributed by atoms with E-state index < -0.39 is 21.9 Å². The van der Waals surface area contributed by atoms with E-state index in [1.807, 2.05) is 12.1 Å². The lowest BCUT2D eigenvalue weighted by Crippen LogP contribution is -2.48. The average Bonchev–Trinajstić information content (AvgIpc) is 3.64. The summed E-state index contributed by atoms with van der Waals surface area (Å²) in [6.07, 6.45) is 4.38. The van der Waals surface area contributed by atoms with E-state index in [1.54, 1.807) is 41.2 Å². The Balaban J connectivity index is 1.48. The molecule has 1 saturated heterocycles. The minimum atomic E-state index is -3.99. The van der Waals surface area contributed by atoms with Gasteiger partial charge in [0.15, 0.2) is 5.13 Å². The summed E-state index contributed by atoms with van der Waals surface area (Å²) in [6.45, 7) is 0.883. The van der Waals surface area contributed by atoms with Crippen molar-refractivity contribution < 1.29 is 22.3 Å². The number of sulfonamides is 1. The van der Waals surface area contributed by atoms with E-state index in [-0.39, 0.29) is 23.9 Å². The minimum absolute atomic E-state index is 0.0428. The number of rotatable bonds is 8. The fourth-order valence-corrected chi connectivity index (χ4v) is 6.94. The maximum absolute atomic E-state index is 13.9. The average molecular weight is 530 g/mol. The van der Waals surface area contributed by atoms with Gasteiger partial charge in [-0.3, -0.25) is 14.4 Å². The number of nitrogens with zero attached hydrogens (tertiary/aromatic N) is 5. The van der Waals surface area contributed by atoms with Crippen LogP contribution in [0.15, 0.2) is 65.8 Å². The summed E-state index contributed by atoms with van der Waals surface area (Å²) in [5, 5.41) is 4.69. The molecule has 3 heterocycles. The van der Waals surface area contributed by atoms with Crippen LogP contribution in [0.2, 0.25) is 0 Å². The Bertz CT molecular complexity index is 1470. The summed E-state index contributed by atoms with van der Waals surface area (Å²) in [5.74, 6) is -0.198. The highest BCUT2D eigenvalue weighted by atomic mass is 32.2. The molecule has 1 atom stereocenters. The van der Waals surface area contributed by atoms with E-state index in [0.29, 0.717) is 30.3 Å². The number of amides is 1. The summed E-state index contributed by atoms with van der Waals surface area (Å²) >= 11 is 1.34. The van der Waals surface area contributed by atoms with Crippen LogP contribution in [0.1, 0.15) is 12.8 Å². The van der Waals surface area contributed by atoms with Crippen LogP contribution in [0.25, 0.3) is 10.2 Å². The molecule has 0 saturated carbocycles. The summed E-state index contributed by atoms with van der Waals surface area (Å²) in [5.41, 5.74) is 0.718. The van der Waals surface area contributed by atoms with E-state index in [1.165, 1.54) is 27.8 Å². The molecular formula is C24H24FN5O4S2. The van der Waals surface area contributed by atoms with Crippen molar-refractivity contribution >= 4 is 42.6 Å². The third-order valence-corrected chi connectivity index (χ3v) is 9.07. The molecule has 9 nitrogen and oxygen atoms in total. The molecule has 0 N–H and O–H groups in total. The van der Waals surface area contributed by atoms with Gasteiger partial charge in [-0.15, -0.1) is 0 Å². The number of aromatic nitrogens is 3. The van der Waals surface area contributed by atoms with Crippen LogP contribution >= 0.6 is 11.3 Å². The third kappa shape index (κ3) is 4.71. The van der Waals surface area contributed by atoms with Gasteiger partial charge in [0.25, 0.3) is 0 Å². The number of fused-ring (bicyclic) bond motifs is 1. The van der Waals surface area contributed by atoms with Gasteiger partial charge in [0, 0.05) is 25.5 Å². The van der Waals surface area contributed by atoms with Crippen molar-refractivity contribution in [2.75, 3.05) is 25.1 Å². The Morgan fingerprint density at radius 1 is 1.25 bits per heavy atom. The van der Waals surface area contributed by atoms with Gasteiger partial charge in [0.2, 0.25) is 15.9 Å². The highest BCUT2D eigenvalue weighted by molar-refractivity contribution is 7.89. The molecule has 12 heteroatoms. The molecule has 4 aromatic rings. The van der Waals surface area contributed by atoms with Gasteiger partial charge in [-0.25, -0.2) is 17.8 Å². The molecule has 1 unspecified atom stereocenters. The molecule has 1 aliphatic heterocycles. The fourth-order valence-electron chi connectivity index (χ4n) is 4.27. The van der Waals surface area contributed by atoms with E-state index in [0.717, 1.165) is 22.3 Å². The predicted molar refractivity (Wildman–Crippen MR) is 134 cm³/mol. The molecule has 0 radical (unpaired) electrons. The molecule has 36 heavy (non-hydrogen) atoms. The van der Waals surface area contributed by atoms with Gasteiger partial charge in [-0.1, -0.05) is 11.3 Å². The first-order valence-corrected chi connectivity index (χ1v) is 13.6. The smallest absolute Gasteiger partial charge is 0.247 e. The first-order chi connectivity index (χ1) is 17.4. The quantitative estimate of drug-likeness (QED) is 0.346. The molecule has 2 aromatic heterocycles. The van der Waals surface area contributed by atoms with Crippen molar-refractivity contribution in [2.24, 2.45) is 0 Å². The number of thiazole rings is 1. The van der Waals surface area contributed by atoms with Crippen molar-refractivity contribution in [3.05, 3.63) is 66.7 Å². The van der Waals surface area contributed by atoms with E-state index in [2.05, 4.69) is 10.1 Å². The van der Waals surface area contributed by atoms with Gasteiger partial charge in [0.1, 0.15) is 17.6 Å². The predicted octanol–water partition coefficient (Wildman–Crippen LogP) is 3.53. The van der Waals surface area contributed by atoms with Crippen LogP contribution in [-0.4, -0.2) is 59.6 Å². The largest absolute Gasteiger partial charge is 0.497 e. The summed E-state index contributed by atoms with van der Waals surface area (Å²) < 4.78 is 49.2. The zero-order chi connectivity index (χ0) is 25.3. The van der Waals surface area contributed by atoms with Crippen LogP contribution < -0.4 is 9.64 Å². The number of carbonyl (C=O) groups excluding carboxylic acids is 1. The van der Waals surface area contributed by atoms with E-state index >= 15 is 0 Å². The SMILES string of the molecule is COc1ccc2nc(N(CCn3cccn3)C(=O)C3CCCN3S(=O)(=O)c3ccc(F)cc3)sc2c1. The van der Waals surface area contributed by atoms with Crippen molar-refractivity contribution in [3.8, 4) is 5.75 Å². The van der Waals surface area contributed by atoms with Crippen LogP contribution in [0.3, 0.4) is 0 Å². The number of benzene rings is 2. The van der Waals surface area contributed by atoms with Crippen LogP contribution in [0, 0.1) is 5.82 Å². The summed E-state index contributed by atoms with van der Waals surface area (Å²) in [6, 6.07) is 11.0. The van der Waals surface area contributed by atoms with Gasteiger partial charge in [-0.05, 0) is 61.4 Å². The van der Waals surface area contributed by atoms with Gasteiger partial charge in [0.05, 0.1) is 28.8 Å². The highest BCUT2D eigenvalue weighted by Crippen LogP contribution is 2.34. The highest BCUT2D eigenvalue weighted by Gasteiger charge is 2.42. The zero-order valence-corrected chi connectivity index (χ0v) is 21.1. The van der Waals surface area contributed by atoms with Gasteiger partial charge >= 0.3 is 0 Å². The Hall–Kier alpha value is -3.35. The second-order valence-corrected chi connectivity index (χ2v) is 11.2.